The van der Waals surface area contributed by atoms with E-state index in [2.05, 4.69) is 119 Å². The lowest BCUT2D eigenvalue weighted by molar-refractivity contribution is 0.680. The van der Waals surface area contributed by atoms with Crippen molar-refractivity contribution in [3.63, 3.8) is 0 Å². The summed E-state index contributed by atoms with van der Waals surface area (Å²) in [4.78, 5) is 10.2. The van der Waals surface area contributed by atoms with Crippen molar-refractivity contribution >= 4 is 65.0 Å². The molecule has 3 heterocycles. The van der Waals surface area contributed by atoms with Gasteiger partial charge in [-0.15, -0.1) is 11.3 Å². The molecule has 208 valence electrons. The minimum Gasteiger partial charge on any atom is -0.344 e. The molecule has 44 heavy (non-hydrogen) atoms. The lowest BCUT2D eigenvalue weighted by atomic mass is 10.0. The van der Waals surface area contributed by atoms with Crippen LogP contribution in [0.2, 0.25) is 0 Å². The minimum absolute atomic E-state index is 0.275. The van der Waals surface area contributed by atoms with E-state index in [0.717, 1.165) is 28.4 Å². The van der Waals surface area contributed by atoms with E-state index in [4.69, 9.17) is 9.98 Å². The van der Waals surface area contributed by atoms with Crippen molar-refractivity contribution in [1.82, 2.24) is 9.88 Å². The number of nitrogens with zero attached hydrogens (tertiary/aromatic N) is 3. The molecule has 6 aromatic carbocycles. The maximum Gasteiger partial charge on any atom is 0.159 e. The van der Waals surface area contributed by atoms with E-state index in [1.54, 1.807) is 0 Å². The number of hydrogen-bond donors (Lipinski definition) is 1. The van der Waals surface area contributed by atoms with Gasteiger partial charge in [0.15, 0.2) is 5.84 Å². The predicted molar refractivity (Wildman–Crippen MR) is 186 cm³/mol. The number of nitrogens with one attached hydrogen (secondary N) is 1. The van der Waals surface area contributed by atoms with Gasteiger partial charge in [0.25, 0.3) is 0 Å². The average molecular weight is 583 g/mol. The first kappa shape index (κ1) is 25.0. The molecule has 0 saturated carbocycles. The zero-order valence-electron chi connectivity index (χ0n) is 23.7. The van der Waals surface area contributed by atoms with Gasteiger partial charge in [-0.1, -0.05) is 115 Å². The summed E-state index contributed by atoms with van der Waals surface area (Å²) >= 11 is 1.84. The second-order valence-corrected chi connectivity index (χ2v) is 12.1. The molecule has 0 bridgehead atoms. The molecule has 1 atom stereocenters. The van der Waals surface area contributed by atoms with Crippen LogP contribution in [0, 0.1) is 0 Å². The Morgan fingerprint density at radius 1 is 0.568 bits per heavy atom. The molecule has 0 saturated heterocycles. The lowest BCUT2D eigenvalue weighted by Gasteiger charge is -2.24. The molecule has 0 aliphatic carbocycles. The Morgan fingerprint density at radius 2 is 1.25 bits per heavy atom. The molecule has 1 aliphatic heterocycles. The zero-order chi connectivity index (χ0) is 29.0. The first-order valence-electron chi connectivity index (χ1n) is 14.8. The first-order chi connectivity index (χ1) is 21.8. The molecule has 0 amide bonds. The van der Waals surface area contributed by atoms with Gasteiger partial charge in [-0.2, -0.15) is 0 Å². The van der Waals surface area contributed by atoms with E-state index < -0.39 is 0 Å². The maximum atomic E-state index is 5.18. The summed E-state index contributed by atoms with van der Waals surface area (Å²) in [7, 11) is 0. The Labute approximate surface area is 258 Å². The van der Waals surface area contributed by atoms with Crippen LogP contribution in [0.4, 0.5) is 0 Å². The highest BCUT2D eigenvalue weighted by atomic mass is 32.1. The van der Waals surface area contributed by atoms with Gasteiger partial charge in [0.1, 0.15) is 12.0 Å². The third-order valence-corrected chi connectivity index (χ3v) is 9.67. The molecule has 4 nitrogen and oxygen atoms in total. The standard InChI is InChI=1S/C39H26N4S/c1-4-13-25(14-5-1)37-40-38(26-15-6-2-7-16-26)42-39(41-37)30-21-12-20-29-32-23-31-28-19-10-11-22-33(28)43(27-17-8-3-9-18-27)34(31)24-35(32)44-36(29)30/h1-24,39H,(H,40,41,42). The molecular weight excluding hydrogens is 557 g/mol. The van der Waals surface area contributed by atoms with Crippen LogP contribution >= 0.6 is 11.3 Å². The number of benzene rings is 6. The van der Waals surface area contributed by atoms with Crippen LogP contribution in [-0.4, -0.2) is 16.2 Å². The van der Waals surface area contributed by atoms with E-state index in [-0.39, 0.29) is 6.17 Å². The van der Waals surface area contributed by atoms with Gasteiger partial charge in [-0.05, 0) is 30.3 Å². The molecule has 1 aliphatic rings. The van der Waals surface area contributed by atoms with E-state index >= 15 is 0 Å². The van der Waals surface area contributed by atoms with Gasteiger partial charge < -0.3 is 9.88 Å². The average Bonchev–Trinajstić information content (AvgIpc) is 3.63. The summed E-state index contributed by atoms with van der Waals surface area (Å²) in [5.74, 6) is 1.57. The Balaban J connectivity index is 1.25. The second kappa shape index (κ2) is 10.0. The third-order valence-electron chi connectivity index (χ3n) is 8.45. The monoisotopic (exact) mass is 582 g/mol. The second-order valence-electron chi connectivity index (χ2n) is 11.1. The van der Waals surface area contributed by atoms with Crippen LogP contribution in [0.3, 0.4) is 0 Å². The van der Waals surface area contributed by atoms with E-state index in [1.807, 2.05) is 47.7 Å². The van der Waals surface area contributed by atoms with Crippen LogP contribution in [0.25, 0.3) is 47.7 Å². The highest BCUT2D eigenvalue weighted by molar-refractivity contribution is 7.26. The Kier molecular flexibility index (Phi) is 5.71. The van der Waals surface area contributed by atoms with Crippen molar-refractivity contribution in [1.29, 1.82) is 0 Å². The number of amidine groups is 2. The molecule has 0 radical (unpaired) electrons. The molecule has 5 heteroatoms. The number of hydrogen-bond acceptors (Lipinski definition) is 4. The smallest absolute Gasteiger partial charge is 0.159 e. The SMILES string of the molecule is c1ccc(C2=NC(c3cccc4c3sc3cc5c(cc34)c3ccccc3n5-c3ccccc3)NC(c3ccccc3)=N2)cc1. The number of aliphatic imine (C=N–C) groups is 2. The van der Waals surface area contributed by atoms with Crippen molar-refractivity contribution in [2.45, 2.75) is 6.17 Å². The molecule has 0 fully saturated rings. The highest BCUT2D eigenvalue weighted by Crippen LogP contribution is 2.43. The summed E-state index contributed by atoms with van der Waals surface area (Å²) in [5.41, 5.74) is 6.81. The fourth-order valence-electron chi connectivity index (χ4n) is 6.42. The number of fused-ring (bicyclic) bond motifs is 6. The number of rotatable bonds is 4. The molecule has 9 rings (SSSR count). The summed E-state index contributed by atoms with van der Waals surface area (Å²) in [6, 6.07) is 51.3. The zero-order valence-corrected chi connectivity index (χ0v) is 24.5. The Morgan fingerprint density at radius 3 is 2.05 bits per heavy atom. The molecule has 1 unspecified atom stereocenters. The Bertz CT molecular complexity index is 2400. The van der Waals surface area contributed by atoms with Crippen molar-refractivity contribution in [2.24, 2.45) is 9.98 Å². The number of aromatic nitrogens is 1. The lowest BCUT2D eigenvalue weighted by Crippen LogP contribution is -2.33. The Hall–Kier alpha value is -5.52. The summed E-state index contributed by atoms with van der Waals surface area (Å²) in [5, 5.41) is 8.72. The fraction of sp³-hybridized carbons (Fsp3) is 0.0256. The molecule has 2 aromatic heterocycles. The largest absolute Gasteiger partial charge is 0.344 e. The van der Waals surface area contributed by atoms with Crippen LogP contribution < -0.4 is 5.32 Å². The van der Waals surface area contributed by atoms with Crippen LogP contribution in [-0.2, 0) is 0 Å². The van der Waals surface area contributed by atoms with E-state index in [1.165, 1.54) is 47.7 Å². The maximum absolute atomic E-state index is 5.18. The third kappa shape index (κ3) is 3.98. The van der Waals surface area contributed by atoms with Crippen LogP contribution in [0.1, 0.15) is 22.9 Å². The summed E-state index contributed by atoms with van der Waals surface area (Å²) < 4.78 is 4.89. The van der Waals surface area contributed by atoms with Crippen molar-refractivity contribution < 1.29 is 0 Å². The van der Waals surface area contributed by atoms with Crippen LogP contribution in [0.15, 0.2) is 156 Å². The fourth-order valence-corrected chi connectivity index (χ4v) is 7.68. The van der Waals surface area contributed by atoms with Gasteiger partial charge in [-0.3, -0.25) is 0 Å². The number of thiophene rings is 1. The number of para-hydroxylation sites is 2. The summed E-state index contributed by atoms with van der Waals surface area (Å²) in [6.07, 6.45) is -0.275. The highest BCUT2D eigenvalue weighted by Gasteiger charge is 2.24. The quantitative estimate of drug-likeness (QED) is 0.221. The molecule has 1 N–H and O–H groups in total. The van der Waals surface area contributed by atoms with Crippen molar-refractivity contribution in [3.8, 4) is 5.69 Å². The van der Waals surface area contributed by atoms with Gasteiger partial charge >= 0.3 is 0 Å². The van der Waals surface area contributed by atoms with E-state index in [0.29, 0.717) is 0 Å². The molecule has 0 spiro atoms. The predicted octanol–water partition coefficient (Wildman–Crippen LogP) is 9.65. The van der Waals surface area contributed by atoms with Crippen molar-refractivity contribution in [2.75, 3.05) is 0 Å². The first-order valence-corrected chi connectivity index (χ1v) is 15.6. The summed E-state index contributed by atoms with van der Waals surface area (Å²) in [6.45, 7) is 0. The van der Waals surface area contributed by atoms with Gasteiger partial charge in [-0.25, -0.2) is 9.98 Å². The topological polar surface area (TPSA) is 41.7 Å². The van der Waals surface area contributed by atoms with Gasteiger partial charge in [0.05, 0.1) is 11.0 Å². The van der Waals surface area contributed by atoms with Gasteiger partial charge in [0, 0.05) is 53.3 Å². The van der Waals surface area contributed by atoms with Crippen LogP contribution in [0.5, 0.6) is 0 Å². The molecular formula is C39H26N4S. The normalized spacial score (nSPS) is 15.0. The van der Waals surface area contributed by atoms with Crippen molar-refractivity contribution in [3.05, 3.63) is 162 Å². The van der Waals surface area contributed by atoms with Gasteiger partial charge in [0.2, 0.25) is 0 Å². The van der Waals surface area contributed by atoms with E-state index in [9.17, 15) is 0 Å². The molecule has 8 aromatic rings. The minimum atomic E-state index is -0.275.